The van der Waals surface area contributed by atoms with E-state index in [1.54, 1.807) is 6.20 Å². The predicted molar refractivity (Wildman–Crippen MR) is 67.7 cm³/mol. The van der Waals surface area contributed by atoms with Crippen molar-refractivity contribution in [3.05, 3.63) is 47.8 Å². The van der Waals surface area contributed by atoms with E-state index in [9.17, 15) is 0 Å². The van der Waals surface area contributed by atoms with Gasteiger partial charge < -0.3 is 15.6 Å². The van der Waals surface area contributed by atoms with E-state index in [-0.39, 0.29) is 12.1 Å². The number of rotatable bonds is 2. The number of nitrogens with zero attached hydrogens (tertiary/aromatic N) is 2. The van der Waals surface area contributed by atoms with Crippen LogP contribution in [0.5, 0.6) is 0 Å². The minimum Gasteiger partial charge on any atom is -0.347 e. The van der Waals surface area contributed by atoms with Crippen LogP contribution in [0.3, 0.4) is 0 Å². The molecule has 17 heavy (non-hydrogen) atoms. The highest BCUT2D eigenvalue weighted by atomic mass is 15.2. The number of imidazole rings is 1. The summed E-state index contributed by atoms with van der Waals surface area (Å²) in [4.78, 5) is 4.28. The quantitative estimate of drug-likeness (QED) is 0.818. The second-order valence-electron chi connectivity index (χ2n) is 4.55. The van der Waals surface area contributed by atoms with Crippen LogP contribution in [-0.4, -0.2) is 15.6 Å². The van der Waals surface area contributed by atoms with Crippen molar-refractivity contribution in [1.29, 1.82) is 0 Å². The zero-order valence-corrected chi connectivity index (χ0v) is 9.80. The molecule has 0 aliphatic heterocycles. The molecule has 0 bridgehead atoms. The molecule has 2 atom stereocenters. The molecule has 0 spiro atoms. The minimum absolute atomic E-state index is 0.115. The summed E-state index contributed by atoms with van der Waals surface area (Å²) in [6.45, 7) is 0. The Bertz CT molecular complexity index is 532. The molecule has 1 heterocycles. The fourth-order valence-corrected chi connectivity index (χ4v) is 2.45. The molecule has 0 saturated carbocycles. The van der Waals surface area contributed by atoms with Crippen LogP contribution in [0.25, 0.3) is 0 Å². The van der Waals surface area contributed by atoms with Crippen molar-refractivity contribution in [2.24, 2.45) is 12.8 Å². The molecule has 2 aromatic rings. The number of hydrogen-bond acceptors (Lipinski definition) is 3. The van der Waals surface area contributed by atoms with Crippen LogP contribution in [0, 0.1) is 0 Å². The van der Waals surface area contributed by atoms with Crippen molar-refractivity contribution >= 4 is 5.95 Å². The average molecular weight is 228 g/mol. The van der Waals surface area contributed by atoms with Gasteiger partial charge in [-0.2, -0.15) is 0 Å². The summed E-state index contributed by atoms with van der Waals surface area (Å²) < 4.78 is 1.97. The Hall–Kier alpha value is -1.81. The first-order valence-electron chi connectivity index (χ1n) is 5.83. The monoisotopic (exact) mass is 228 g/mol. The first-order valence-corrected chi connectivity index (χ1v) is 5.83. The highest BCUT2D eigenvalue weighted by Gasteiger charge is 2.29. The lowest BCUT2D eigenvalue weighted by Crippen LogP contribution is -2.30. The summed E-state index contributed by atoms with van der Waals surface area (Å²) in [5, 5.41) is 3.42. The molecule has 88 valence electrons. The van der Waals surface area contributed by atoms with Crippen LogP contribution >= 0.6 is 0 Å². The minimum atomic E-state index is 0.115. The van der Waals surface area contributed by atoms with Gasteiger partial charge in [0.1, 0.15) is 0 Å². The Balaban J connectivity index is 1.91. The van der Waals surface area contributed by atoms with E-state index >= 15 is 0 Å². The van der Waals surface area contributed by atoms with Gasteiger partial charge in [0.05, 0.1) is 6.04 Å². The average Bonchev–Trinajstić information content (AvgIpc) is 2.85. The molecule has 0 amide bonds. The maximum atomic E-state index is 6.20. The van der Waals surface area contributed by atoms with Gasteiger partial charge in [-0.3, -0.25) is 0 Å². The van der Waals surface area contributed by atoms with Crippen LogP contribution in [-0.2, 0) is 13.5 Å². The number of anilines is 1. The largest absolute Gasteiger partial charge is 0.347 e. The van der Waals surface area contributed by atoms with Crippen molar-refractivity contribution in [3.63, 3.8) is 0 Å². The molecule has 1 aliphatic rings. The number of aryl methyl sites for hydroxylation is 1. The topological polar surface area (TPSA) is 55.9 Å². The molecule has 1 aliphatic carbocycles. The second kappa shape index (κ2) is 3.89. The third-order valence-electron chi connectivity index (χ3n) is 3.38. The van der Waals surface area contributed by atoms with Crippen LogP contribution in [0.4, 0.5) is 5.95 Å². The Morgan fingerprint density at radius 3 is 3.00 bits per heavy atom. The molecule has 2 unspecified atom stereocenters. The maximum absolute atomic E-state index is 6.20. The SMILES string of the molecule is Cn1ccnc1NC1c2ccccc2CC1N. The highest BCUT2D eigenvalue weighted by Crippen LogP contribution is 2.32. The standard InChI is InChI=1S/C13H16N4/c1-17-7-6-15-13(17)16-12-10-5-3-2-4-9(10)8-11(12)14/h2-7,11-12H,8,14H2,1H3,(H,15,16). The summed E-state index contributed by atoms with van der Waals surface area (Å²) in [5.41, 5.74) is 8.83. The van der Waals surface area contributed by atoms with Gasteiger partial charge in [-0.05, 0) is 17.5 Å². The molecule has 4 nitrogen and oxygen atoms in total. The summed E-state index contributed by atoms with van der Waals surface area (Å²) in [7, 11) is 1.97. The lowest BCUT2D eigenvalue weighted by Gasteiger charge is -2.19. The Morgan fingerprint density at radius 2 is 2.24 bits per heavy atom. The summed E-state index contributed by atoms with van der Waals surface area (Å²) in [6, 6.07) is 8.69. The van der Waals surface area contributed by atoms with E-state index in [1.165, 1.54) is 11.1 Å². The third-order valence-corrected chi connectivity index (χ3v) is 3.38. The number of nitrogens with one attached hydrogen (secondary N) is 1. The van der Waals surface area contributed by atoms with E-state index < -0.39 is 0 Å². The second-order valence-corrected chi connectivity index (χ2v) is 4.55. The summed E-state index contributed by atoms with van der Waals surface area (Å²) in [5.74, 6) is 0.863. The highest BCUT2D eigenvalue weighted by molar-refractivity contribution is 5.43. The zero-order chi connectivity index (χ0) is 11.8. The van der Waals surface area contributed by atoms with Gasteiger partial charge in [-0.15, -0.1) is 0 Å². The fraction of sp³-hybridized carbons (Fsp3) is 0.308. The van der Waals surface area contributed by atoms with E-state index in [0.29, 0.717) is 0 Å². The number of benzene rings is 1. The normalized spacial score (nSPS) is 22.5. The first-order chi connectivity index (χ1) is 8.25. The van der Waals surface area contributed by atoms with Crippen LogP contribution in [0.2, 0.25) is 0 Å². The van der Waals surface area contributed by atoms with Gasteiger partial charge in [-0.1, -0.05) is 24.3 Å². The molecule has 4 heteroatoms. The van der Waals surface area contributed by atoms with E-state index in [4.69, 9.17) is 5.73 Å². The van der Waals surface area contributed by atoms with Crippen molar-refractivity contribution in [3.8, 4) is 0 Å². The van der Waals surface area contributed by atoms with Gasteiger partial charge in [0.2, 0.25) is 5.95 Å². The first kappa shape index (κ1) is 10.4. The van der Waals surface area contributed by atoms with E-state index in [1.807, 2.05) is 17.8 Å². The van der Waals surface area contributed by atoms with Gasteiger partial charge in [0, 0.05) is 25.5 Å². The molecular formula is C13H16N4. The van der Waals surface area contributed by atoms with Crippen molar-refractivity contribution in [2.75, 3.05) is 5.32 Å². The predicted octanol–water partition coefficient (Wildman–Crippen LogP) is 1.46. The van der Waals surface area contributed by atoms with Gasteiger partial charge in [0.15, 0.2) is 0 Å². The Kier molecular flexibility index (Phi) is 2.37. The summed E-state index contributed by atoms with van der Waals surface area (Å²) in [6.07, 6.45) is 4.64. The molecule has 3 N–H and O–H groups in total. The lowest BCUT2D eigenvalue weighted by molar-refractivity contribution is 0.617. The zero-order valence-electron chi connectivity index (χ0n) is 9.80. The van der Waals surface area contributed by atoms with E-state index in [0.717, 1.165) is 12.4 Å². The fourth-order valence-electron chi connectivity index (χ4n) is 2.45. The number of nitrogens with two attached hydrogens (primary N) is 1. The number of aromatic nitrogens is 2. The Labute approximate surface area is 100 Å². The number of hydrogen-bond donors (Lipinski definition) is 2. The summed E-state index contributed by atoms with van der Waals surface area (Å²) >= 11 is 0. The smallest absolute Gasteiger partial charge is 0.203 e. The lowest BCUT2D eigenvalue weighted by atomic mass is 10.1. The molecule has 1 aromatic carbocycles. The van der Waals surface area contributed by atoms with Gasteiger partial charge in [-0.25, -0.2) is 4.98 Å². The van der Waals surface area contributed by atoms with Gasteiger partial charge in [0.25, 0.3) is 0 Å². The molecule has 0 saturated heterocycles. The van der Waals surface area contributed by atoms with Crippen LogP contribution < -0.4 is 11.1 Å². The van der Waals surface area contributed by atoms with Crippen molar-refractivity contribution in [1.82, 2.24) is 9.55 Å². The molecule has 3 rings (SSSR count). The molecular weight excluding hydrogens is 212 g/mol. The maximum Gasteiger partial charge on any atom is 0.203 e. The third kappa shape index (κ3) is 1.70. The van der Waals surface area contributed by atoms with Crippen molar-refractivity contribution < 1.29 is 0 Å². The molecule has 0 fully saturated rings. The molecule has 0 radical (unpaired) electrons. The molecule has 1 aromatic heterocycles. The Morgan fingerprint density at radius 1 is 1.41 bits per heavy atom. The van der Waals surface area contributed by atoms with E-state index in [2.05, 4.69) is 34.6 Å². The van der Waals surface area contributed by atoms with Crippen LogP contribution in [0.15, 0.2) is 36.7 Å². The van der Waals surface area contributed by atoms with Crippen molar-refractivity contribution in [2.45, 2.75) is 18.5 Å². The number of fused-ring (bicyclic) bond motifs is 1. The van der Waals surface area contributed by atoms with Gasteiger partial charge >= 0.3 is 0 Å². The van der Waals surface area contributed by atoms with Crippen LogP contribution in [0.1, 0.15) is 17.2 Å².